The number of furan rings is 2. The van der Waals surface area contributed by atoms with Gasteiger partial charge in [0.1, 0.15) is 22.5 Å². The van der Waals surface area contributed by atoms with Gasteiger partial charge in [0.15, 0.2) is 5.58 Å². The maximum Gasteiger partial charge on any atom is 0.159 e. The summed E-state index contributed by atoms with van der Waals surface area (Å²) in [7, 11) is 0. The fourth-order valence-electron chi connectivity index (χ4n) is 10.9. The second kappa shape index (κ2) is 17.2. The van der Waals surface area contributed by atoms with Gasteiger partial charge in [0, 0.05) is 67.1 Å². The summed E-state index contributed by atoms with van der Waals surface area (Å²) in [4.78, 5) is 4.72. The highest BCUT2D eigenvalue weighted by Gasteiger charge is 2.27. The molecule has 2 aromatic heterocycles. The topological polar surface area (TPSA) is 53.0 Å². The highest BCUT2D eigenvalue weighted by molar-refractivity contribution is 6.15. The Labute approximate surface area is 412 Å². The molecule has 0 radical (unpaired) electrons. The first kappa shape index (κ1) is 42.1. The first-order valence-electron chi connectivity index (χ1n) is 24.4. The van der Waals surface area contributed by atoms with Crippen LogP contribution in [0.5, 0.6) is 5.75 Å². The van der Waals surface area contributed by atoms with Crippen LogP contribution in [0, 0.1) is 13.8 Å². The number of benzene rings is 10. The number of allylic oxidation sites excluding steroid dienone is 1. The molecule has 71 heavy (non-hydrogen) atoms. The summed E-state index contributed by atoms with van der Waals surface area (Å²) in [5.74, 6) is 0.260. The molecule has 5 heteroatoms. The molecule has 1 N–H and O–H groups in total. The lowest BCUT2D eigenvalue weighted by Gasteiger charge is -2.31. The molecule has 2 heterocycles. The van der Waals surface area contributed by atoms with Crippen molar-refractivity contribution >= 4 is 84.1 Å². The van der Waals surface area contributed by atoms with Crippen molar-refractivity contribution in [1.82, 2.24) is 0 Å². The van der Waals surface area contributed by atoms with E-state index in [1.807, 2.05) is 54.6 Å². The number of phenols is 1. The minimum atomic E-state index is 0.260. The number of nitrogens with zero attached hydrogens (tertiary/aromatic N) is 2. The molecule has 0 aliphatic heterocycles. The summed E-state index contributed by atoms with van der Waals surface area (Å²) >= 11 is 0. The van der Waals surface area contributed by atoms with Crippen LogP contribution in [0.1, 0.15) is 28.7 Å². The van der Waals surface area contributed by atoms with Crippen molar-refractivity contribution in [2.45, 2.75) is 26.7 Å². The van der Waals surface area contributed by atoms with Gasteiger partial charge < -0.3 is 23.7 Å². The van der Waals surface area contributed by atoms with E-state index in [9.17, 15) is 5.11 Å². The molecule has 0 saturated carbocycles. The van der Waals surface area contributed by atoms with E-state index < -0.39 is 0 Å². The number of aryl methyl sites for hydroxylation is 2. The van der Waals surface area contributed by atoms with Crippen LogP contribution in [0.15, 0.2) is 227 Å². The molecule has 0 amide bonds. The second-order valence-electron chi connectivity index (χ2n) is 18.6. The van der Waals surface area contributed by atoms with Crippen molar-refractivity contribution in [3.63, 3.8) is 0 Å². The summed E-state index contributed by atoms with van der Waals surface area (Å²) in [5, 5.41) is 16.1. The largest absolute Gasteiger partial charge is 0.507 e. The van der Waals surface area contributed by atoms with E-state index >= 15 is 0 Å². The van der Waals surface area contributed by atoms with Gasteiger partial charge in [-0.25, -0.2) is 0 Å². The monoisotopic (exact) mass is 916 g/mol. The van der Waals surface area contributed by atoms with Crippen LogP contribution >= 0.6 is 0 Å². The molecule has 0 bridgehead atoms. The summed E-state index contributed by atoms with van der Waals surface area (Å²) in [6.45, 7) is 4.34. The molecule has 340 valence electrons. The third kappa shape index (κ3) is 7.08. The summed E-state index contributed by atoms with van der Waals surface area (Å²) < 4.78 is 14.0. The molecule has 0 atom stereocenters. The van der Waals surface area contributed by atoms with Crippen LogP contribution in [0.2, 0.25) is 0 Å². The van der Waals surface area contributed by atoms with Crippen molar-refractivity contribution in [2.75, 3.05) is 9.80 Å². The fraction of sp³-hybridized carbons (Fsp3) is 0.0606. The number of aromatic hydroxyl groups is 1. The molecular formula is C66H48N2O3. The van der Waals surface area contributed by atoms with Gasteiger partial charge in [-0.1, -0.05) is 170 Å². The standard InChI is InChI=1S/C66H48N2O3/c1-42-19-9-13-34-57(42)67(59-36-18-33-55-54-32-17-31-51(65(54)71-66(55)59)45-23-7-4-8-24-45)48-37-38-61-56(40-48)63-53-28-12-11-27-52(53)60(41-62(63)70-61)68(58-35-14-10-20-43(58)2)47-26-15-25-46(39-47)50-30-16-29-49(64(50)69)44-21-5-3-6-22-44/h3-10,12-26,28-41,69H,11,27H2,1-2H3. The molecule has 0 spiro atoms. The Bertz CT molecular complexity index is 4050. The Kier molecular flexibility index (Phi) is 10.2. The van der Waals surface area contributed by atoms with E-state index in [0.29, 0.717) is 0 Å². The lowest BCUT2D eigenvalue weighted by atomic mass is 9.90. The van der Waals surface area contributed by atoms with Gasteiger partial charge in [-0.3, -0.25) is 0 Å². The van der Waals surface area contributed by atoms with Crippen LogP contribution in [-0.2, 0) is 6.42 Å². The summed E-state index contributed by atoms with van der Waals surface area (Å²) in [6.07, 6.45) is 6.37. The van der Waals surface area contributed by atoms with E-state index in [4.69, 9.17) is 8.83 Å². The maximum atomic E-state index is 11.8. The normalized spacial score (nSPS) is 12.3. The van der Waals surface area contributed by atoms with Gasteiger partial charge in [-0.2, -0.15) is 0 Å². The number of para-hydroxylation sites is 5. The van der Waals surface area contributed by atoms with Crippen molar-refractivity contribution in [3.05, 3.63) is 241 Å². The van der Waals surface area contributed by atoms with Gasteiger partial charge >= 0.3 is 0 Å². The third-order valence-corrected chi connectivity index (χ3v) is 14.3. The number of phenolic OH excluding ortho intramolecular Hbond substituents is 1. The second-order valence-corrected chi connectivity index (χ2v) is 18.6. The summed E-state index contributed by atoms with van der Waals surface area (Å²) in [5.41, 5.74) is 19.9. The van der Waals surface area contributed by atoms with Crippen molar-refractivity contribution in [2.24, 2.45) is 0 Å². The molecule has 0 saturated heterocycles. The third-order valence-electron chi connectivity index (χ3n) is 14.3. The van der Waals surface area contributed by atoms with Crippen LogP contribution in [0.3, 0.4) is 0 Å². The van der Waals surface area contributed by atoms with Crippen LogP contribution in [-0.4, -0.2) is 5.11 Å². The average molecular weight is 917 g/mol. The van der Waals surface area contributed by atoms with Gasteiger partial charge in [-0.15, -0.1) is 0 Å². The molecule has 0 unspecified atom stereocenters. The van der Waals surface area contributed by atoms with Crippen molar-refractivity contribution < 1.29 is 13.9 Å². The average Bonchev–Trinajstić information content (AvgIpc) is 4.00. The fourth-order valence-corrected chi connectivity index (χ4v) is 10.9. The minimum absolute atomic E-state index is 0.260. The molecular weight excluding hydrogens is 869 g/mol. The Morgan fingerprint density at radius 2 is 0.986 bits per heavy atom. The number of anilines is 6. The molecule has 10 aromatic carbocycles. The van der Waals surface area contributed by atoms with E-state index in [1.54, 1.807) is 0 Å². The van der Waals surface area contributed by atoms with Crippen molar-refractivity contribution in [1.29, 1.82) is 0 Å². The Morgan fingerprint density at radius 3 is 1.72 bits per heavy atom. The zero-order valence-corrected chi connectivity index (χ0v) is 39.4. The SMILES string of the molecule is Cc1ccccc1N(c1cccc(-c2cccc(-c3ccccc3)c2O)c1)c1cc2oc3ccc(N(c4ccccc4C)c4cccc5c4oc4c(-c6ccccc6)cccc45)cc3c2c2c1CCC=C2. The smallest absolute Gasteiger partial charge is 0.159 e. The van der Waals surface area contributed by atoms with Gasteiger partial charge in [0.2, 0.25) is 0 Å². The number of hydrogen-bond donors (Lipinski definition) is 1. The number of rotatable bonds is 9. The van der Waals surface area contributed by atoms with Gasteiger partial charge in [0.05, 0.1) is 11.4 Å². The zero-order chi connectivity index (χ0) is 47.6. The van der Waals surface area contributed by atoms with Crippen molar-refractivity contribution in [3.8, 4) is 39.1 Å². The molecule has 5 nitrogen and oxygen atoms in total. The van der Waals surface area contributed by atoms with E-state index in [2.05, 4.69) is 194 Å². The first-order chi connectivity index (χ1) is 35.0. The first-order valence-corrected chi connectivity index (χ1v) is 24.4. The van der Waals surface area contributed by atoms with E-state index in [-0.39, 0.29) is 5.75 Å². The maximum absolute atomic E-state index is 11.8. The minimum Gasteiger partial charge on any atom is -0.507 e. The van der Waals surface area contributed by atoms with Gasteiger partial charge in [0.25, 0.3) is 0 Å². The zero-order valence-electron chi connectivity index (χ0n) is 39.4. The lowest BCUT2D eigenvalue weighted by Crippen LogP contribution is -2.15. The number of hydrogen-bond acceptors (Lipinski definition) is 5. The Morgan fingerprint density at radius 1 is 0.423 bits per heavy atom. The predicted octanol–water partition coefficient (Wildman–Crippen LogP) is 18.7. The Balaban J connectivity index is 0.992. The van der Waals surface area contributed by atoms with E-state index in [1.165, 1.54) is 5.56 Å². The Hall–Kier alpha value is -9.06. The lowest BCUT2D eigenvalue weighted by molar-refractivity contribution is 0.479. The summed E-state index contributed by atoms with van der Waals surface area (Å²) in [6, 6.07) is 74.0. The van der Waals surface area contributed by atoms with Crippen LogP contribution < -0.4 is 9.80 Å². The molecule has 0 fully saturated rings. The van der Waals surface area contributed by atoms with E-state index in [0.717, 1.165) is 141 Å². The number of fused-ring (bicyclic) bond motifs is 8. The quantitative estimate of drug-likeness (QED) is 0.156. The van der Waals surface area contributed by atoms with Gasteiger partial charge in [-0.05, 0) is 114 Å². The molecule has 1 aliphatic carbocycles. The predicted molar refractivity (Wildman–Crippen MR) is 295 cm³/mol. The molecule has 1 aliphatic rings. The highest BCUT2D eigenvalue weighted by atomic mass is 16.3. The molecule has 13 rings (SSSR count). The highest BCUT2D eigenvalue weighted by Crippen LogP contribution is 2.50. The molecule has 12 aromatic rings. The van der Waals surface area contributed by atoms with Crippen LogP contribution in [0.25, 0.3) is 83.3 Å². The van der Waals surface area contributed by atoms with Crippen LogP contribution in [0.4, 0.5) is 34.1 Å².